The molecular weight excluding hydrogens is 361 g/mol. The fourth-order valence-corrected chi connectivity index (χ4v) is 3.68. The molecule has 0 aliphatic carbocycles. The summed E-state index contributed by atoms with van der Waals surface area (Å²) in [6.07, 6.45) is 0. The zero-order valence-corrected chi connectivity index (χ0v) is 13.8. The first-order valence-corrected chi connectivity index (χ1v) is 8.86. The Morgan fingerprint density at radius 3 is 2.58 bits per heavy atom. The number of nitrogens with one attached hydrogen (secondary N) is 1. The van der Waals surface area contributed by atoms with Crippen LogP contribution in [-0.2, 0) is 10.0 Å². The Balaban J connectivity index is 1.59. The number of carbonyl (C=O) groups excluding carboxylic acids is 1. The van der Waals surface area contributed by atoms with Crippen LogP contribution in [0.2, 0.25) is 0 Å². The van der Waals surface area contributed by atoms with E-state index in [1.807, 2.05) is 0 Å². The summed E-state index contributed by atoms with van der Waals surface area (Å²) >= 11 is 0. The van der Waals surface area contributed by atoms with Crippen LogP contribution in [0.1, 0.15) is 16.1 Å². The molecule has 0 saturated carbocycles. The minimum atomic E-state index is -3.83. The van der Waals surface area contributed by atoms with Gasteiger partial charge in [0.05, 0.1) is 0 Å². The molecule has 0 bridgehead atoms. The number of nitrogens with zero attached hydrogens (tertiary/aromatic N) is 2. The van der Waals surface area contributed by atoms with Crippen LogP contribution >= 0.6 is 0 Å². The minimum Gasteiger partial charge on any atom is -0.350 e. The van der Waals surface area contributed by atoms with Crippen molar-refractivity contribution < 1.29 is 22.1 Å². The Morgan fingerprint density at radius 1 is 1.08 bits per heavy atom. The van der Waals surface area contributed by atoms with Crippen LogP contribution in [0.3, 0.4) is 0 Å². The van der Waals surface area contributed by atoms with Crippen molar-refractivity contribution in [3.8, 4) is 11.3 Å². The summed E-state index contributed by atoms with van der Waals surface area (Å²) in [6, 6.07) is 13.1. The molecule has 0 saturated heterocycles. The Morgan fingerprint density at radius 2 is 1.81 bits per heavy atom. The Labute approximate surface area is 147 Å². The molecule has 2 heterocycles. The normalized spacial score (nSPS) is 14.6. The number of benzene rings is 2. The molecule has 130 valence electrons. The molecule has 1 amide bonds. The molecule has 0 fully saturated rings. The highest BCUT2D eigenvalue weighted by molar-refractivity contribution is 7.90. The van der Waals surface area contributed by atoms with Gasteiger partial charge in [-0.15, -0.1) is 4.40 Å². The molecule has 0 atom stereocenters. The van der Waals surface area contributed by atoms with E-state index in [4.69, 9.17) is 4.52 Å². The Bertz CT molecular complexity index is 1150. The topological polar surface area (TPSA) is 102 Å². The lowest BCUT2D eigenvalue weighted by atomic mass is 10.1. The van der Waals surface area contributed by atoms with Crippen molar-refractivity contribution in [3.63, 3.8) is 0 Å². The maximum Gasteiger partial charge on any atom is 0.295 e. The predicted molar refractivity (Wildman–Crippen MR) is 89.5 cm³/mol. The Hall–Kier alpha value is -3.33. The third-order valence-corrected chi connectivity index (χ3v) is 5.07. The van der Waals surface area contributed by atoms with Crippen molar-refractivity contribution in [2.75, 3.05) is 0 Å². The molecule has 7 nitrogen and oxygen atoms in total. The predicted octanol–water partition coefficient (Wildman–Crippen LogP) is 2.36. The first-order valence-electron chi connectivity index (χ1n) is 7.42. The van der Waals surface area contributed by atoms with Crippen LogP contribution in [0.5, 0.6) is 0 Å². The van der Waals surface area contributed by atoms with Gasteiger partial charge in [-0.25, -0.2) is 4.39 Å². The summed E-state index contributed by atoms with van der Waals surface area (Å²) in [5.41, 5.74) is 1.22. The molecule has 1 aliphatic rings. The molecule has 9 heteroatoms. The fraction of sp³-hybridized carbons (Fsp3) is 0. The molecule has 0 spiro atoms. The maximum atomic E-state index is 13.0. The van der Waals surface area contributed by atoms with E-state index in [9.17, 15) is 17.6 Å². The molecule has 0 unspecified atom stereocenters. The molecule has 1 N–H and O–H groups in total. The van der Waals surface area contributed by atoms with Crippen molar-refractivity contribution in [2.45, 2.75) is 4.90 Å². The molecule has 3 aromatic rings. The Kier molecular flexibility index (Phi) is 3.66. The summed E-state index contributed by atoms with van der Waals surface area (Å²) in [4.78, 5) is 12.4. The number of carbonyl (C=O) groups is 1. The number of aromatic nitrogens is 1. The molecular formula is C17H10FN3O4S. The maximum absolute atomic E-state index is 13.0. The second kappa shape index (κ2) is 5.88. The lowest BCUT2D eigenvalue weighted by Gasteiger charge is -2.02. The number of amides is 1. The van der Waals surface area contributed by atoms with E-state index in [2.05, 4.69) is 14.9 Å². The van der Waals surface area contributed by atoms with Crippen LogP contribution < -0.4 is 5.32 Å². The van der Waals surface area contributed by atoms with E-state index in [-0.39, 0.29) is 16.5 Å². The van der Waals surface area contributed by atoms with Gasteiger partial charge in [0.25, 0.3) is 15.9 Å². The van der Waals surface area contributed by atoms with Gasteiger partial charge in [-0.05, 0) is 36.4 Å². The summed E-state index contributed by atoms with van der Waals surface area (Å²) in [5.74, 6) is -1.30. The van der Waals surface area contributed by atoms with Crippen LogP contribution in [0.25, 0.3) is 11.3 Å². The summed E-state index contributed by atoms with van der Waals surface area (Å²) < 4.78 is 45.5. The lowest BCUT2D eigenvalue weighted by molar-refractivity contribution is 0.0941. The van der Waals surface area contributed by atoms with Crippen molar-refractivity contribution in [1.82, 2.24) is 10.5 Å². The molecule has 1 aliphatic heterocycles. The number of sulfonamides is 1. The van der Waals surface area contributed by atoms with E-state index in [0.29, 0.717) is 16.8 Å². The summed E-state index contributed by atoms with van der Waals surface area (Å²) in [7, 11) is -3.83. The summed E-state index contributed by atoms with van der Waals surface area (Å²) in [5, 5.41) is 6.19. The molecule has 0 radical (unpaired) electrons. The zero-order valence-electron chi connectivity index (χ0n) is 13.0. The first-order chi connectivity index (χ1) is 12.4. The summed E-state index contributed by atoms with van der Waals surface area (Å²) in [6.45, 7) is 0. The van der Waals surface area contributed by atoms with E-state index >= 15 is 0 Å². The number of halogens is 1. The van der Waals surface area contributed by atoms with Gasteiger partial charge in [-0.1, -0.05) is 17.3 Å². The van der Waals surface area contributed by atoms with Crippen LogP contribution in [0, 0.1) is 5.82 Å². The van der Waals surface area contributed by atoms with E-state index < -0.39 is 21.7 Å². The van der Waals surface area contributed by atoms with Crippen molar-refractivity contribution in [2.24, 2.45) is 4.40 Å². The molecule has 2 aromatic carbocycles. The van der Waals surface area contributed by atoms with E-state index in [1.165, 1.54) is 36.4 Å². The SMILES string of the molecule is O=C(NC1=NS(=O)(=O)c2ccccc21)c1cc(-c2ccc(F)cc2)no1. The number of hydrogen-bond acceptors (Lipinski definition) is 5. The zero-order chi connectivity index (χ0) is 18.3. The van der Waals surface area contributed by atoms with Crippen LogP contribution in [-0.4, -0.2) is 25.3 Å². The van der Waals surface area contributed by atoms with Crippen molar-refractivity contribution >= 4 is 21.8 Å². The smallest absolute Gasteiger partial charge is 0.295 e. The quantitative estimate of drug-likeness (QED) is 0.745. The monoisotopic (exact) mass is 371 g/mol. The van der Waals surface area contributed by atoms with Crippen LogP contribution in [0.4, 0.5) is 4.39 Å². The number of hydrogen-bond donors (Lipinski definition) is 1. The second-order valence-electron chi connectivity index (χ2n) is 5.45. The standard InChI is InChI=1S/C17H10FN3O4S/c18-11-7-5-10(6-8-11)13-9-14(25-20-13)17(22)19-16-12-3-1-2-4-15(12)26(23,24)21-16/h1-9H,(H,19,21,22). The van der Waals surface area contributed by atoms with E-state index in [0.717, 1.165) is 0 Å². The molecule has 4 rings (SSSR count). The largest absolute Gasteiger partial charge is 0.350 e. The van der Waals surface area contributed by atoms with Gasteiger partial charge in [0.15, 0.2) is 5.84 Å². The van der Waals surface area contributed by atoms with Gasteiger partial charge in [0.1, 0.15) is 16.4 Å². The van der Waals surface area contributed by atoms with Gasteiger partial charge < -0.3 is 9.84 Å². The highest BCUT2D eigenvalue weighted by atomic mass is 32.2. The van der Waals surface area contributed by atoms with Gasteiger partial charge >= 0.3 is 0 Å². The molecule has 1 aromatic heterocycles. The van der Waals surface area contributed by atoms with Crippen molar-refractivity contribution in [1.29, 1.82) is 0 Å². The number of amidine groups is 1. The molecule has 26 heavy (non-hydrogen) atoms. The fourth-order valence-electron chi connectivity index (χ4n) is 2.50. The van der Waals surface area contributed by atoms with Crippen LogP contribution in [0.15, 0.2) is 68.4 Å². The lowest BCUT2D eigenvalue weighted by Crippen LogP contribution is -2.30. The average Bonchev–Trinajstić information content (AvgIpc) is 3.20. The third-order valence-electron chi connectivity index (χ3n) is 3.74. The number of rotatable bonds is 2. The van der Waals surface area contributed by atoms with Gasteiger partial charge in [-0.2, -0.15) is 8.42 Å². The first kappa shape index (κ1) is 16.2. The van der Waals surface area contributed by atoms with E-state index in [1.54, 1.807) is 18.2 Å². The van der Waals surface area contributed by atoms with Gasteiger partial charge in [-0.3, -0.25) is 4.79 Å². The van der Waals surface area contributed by atoms with Gasteiger partial charge in [0.2, 0.25) is 5.76 Å². The highest BCUT2D eigenvalue weighted by Crippen LogP contribution is 2.25. The average molecular weight is 371 g/mol. The third kappa shape index (κ3) is 2.78. The second-order valence-corrected chi connectivity index (χ2v) is 7.02. The minimum absolute atomic E-state index is 0.0277. The van der Waals surface area contributed by atoms with Gasteiger partial charge in [0, 0.05) is 17.2 Å². The highest BCUT2D eigenvalue weighted by Gasteiger charge is 2.30. The number of fused-ring (bicyclic) bond motifs is 1. The van der Waals surface area contributed by atoms with Crippen molar-refractivity contribution in [3.05, 3.63) is 71.7 Å².